The molecule has 0 saturated carbocycles. The molecule has 3 N–H and O–H groups in total. The monoisotopic (exact) mass is 420 g/mol. The number of ether oxygens (including phenoxy) is 1. The van der Waals surface area contributed by atoms with E-state index in [0.717, 1.165) is 22.7 Å². The number of nitrogens with one attached hydrogen (secondary N) is 1. The van der Waals surface area contributed by atoms with Crippen molar-refractivity contribution in [1.82, 2.24) is 9.13 Å². The summed E-state index contributed by atoms with van der Waals surface area (Å²) >= 11 is 0. The first-order valence-electron chi connectivity index (χ1n) is 9.56. The molecule has 1 heterocycles. The number of benzene rings is 3. The summed E-state index contributed by atoms with van der Waals surface area (Å²) in [4.78, 5) is 25.3. The Balaban J connectivity index is 1.57. The minimum atomic E-state index is -0.471. The highest BCUT2D eigenvalue weighted by Gasteiger charge is 2.15. The van der Waals surface area contributed by atoms with Gasteiger partial charge in [-0.1, -0.05) is 18.2 Å². The Kier molecular flexibility index (Phi) is 5.21. The number of carbonyl (C=O) groups excluding carboxylic acids is 1. The Morgan fingerprint density at radius 2 is 1.87 bits per heavy atom. The largest absolute Gasteiger partial charge is 0.494 e. The fourth-order valence-electron chi connectivity index (χ4n) is 3.55. The van der Waals surface area contributed by atoms with Gasteiger partial charge in [-0.25, -0.2) is 9.18 Å². The highest BCUT2D eigenvalue weighted by Crippen LogP contribution is 2.25. The first-order valence-corrected chi connectivity index (χ1v) is 9.56. The minimum Gasteiger partial charge on any atom is -0.494 e. The number of hydrogen-bond donors (Lipinski definition) is 2. The van der Waals surface area contributed by atoms with Crippen molar-refractivity contribution in [2.45, 2.75) is 6.54 Å². The van der Waals surface area contributed by atoms with Crippen LogP contribution < -0.4 is 21.5 Å². The molecule has 0 saturated heterocycles. The molecular formula is C23H21FN4O3. The fraction of sp³-hybridized carbons (Fsp3) is 0.130. The number of nitrogens with zero attached hydrogens (tertiary/aromatic N) is 2. The van der Waals surface area contributed by atoms with E-state index < -0.39 is 5.82 Å². The smallest absolute Gasteiger partial charge is 0.329 e. The number of aryl methyl sites for hydroxylation is 1. The molecule has 0 bridgehead atoms. The summed E-state index contributed by atoms with van der Waals surface area (Å²) in [6, 6.07) is 16.2. The molecule has 0 atom stereocenters. The van der Waals surface area contributed by atoms with Gasteiger partial charge in [0.1, 0.15) is 17.1 Å². The first-order chi connectivity index (χ1) is 14.9. The molecule has 31 heavy (non-hydrogen) atoms. The molecule has 8 heteroatoms. The molecule has 0 aliphatic carbocycles. The third-order valence-electron chi connectivity index (χ3n) is 5.16. The van der Waals surface area contributed by atoms with Gasteiger partial charge in [-0.15, -0.1) is 0 Å². The highest BCUT2D eigenvalue weighted by atomic mass is 19.1. The zero-order chi connectivity index (χ0) is 22.1. The van der Waals surface area contributed by atoms with Crippen LogP contribution in [-0.2, 0) is 13.6 Å². The molecule has 0 fully saturated rings. The summed E-state index contributed by atoms with van der Waals surface area (Å²) in [5, 5.41) is 2.67. The third kappa shape index (κ3) is 3.75. The lowest BCUT2D eigenvalue weighted by molar-refractivity contribution is 0.102. The van der Waals surface area contributed by atoms with Crippen LogP contribution in [0.5, 0.6) is 5.75 Å². The van der Waals surface area contributed by atoms with Crippen LogP contribution in [0.25, 0.3) is 11.0 Å². The van der Waals surface area contributed by atoms with Crippen LogP contribution in [0.15, 0.2) is 65.5 Å². The molecule has 7 nitrogen and oxygen atoms in total. The van der Waals surface area contributed by atoms with Crippen LogP contribution in [0.3, 0.4) is 0 Å². The van der Waals surface area contributed by atoms with Crippen molar-refractivity contribution in [2.24, 2.45) is 7.05 Å². The number of halogens is 1. The summed E-state index contributed by atoms with van der Waals surface area (Å²) in [5.41, 5.74) is 8.83. The second-order valence-corrected chi connectivity index (χ2v) is 7.14. The summed E-state index contributed by atoms with van der Waals surface area (Å²) in [6.45, 7) is 0.343. The van der Waals surface area contributed by atoms with E-state index in [-0.39, 0.29) is 17.3 Å². The van der Waals surface area contributed by atoms with Crippen LogP contribution >= 0.6 is 0 Å². The number of methoxy groups -OCH3 is 1. The number of imidazole rings is 1. The lowest BCUT2D eigenvalue weighted by Crippen LogP contribution is -2.22. The Labute approximate surface area is 177 Å². The zero-order valence-corrected chi connectivity index (χ0v) is 17.1. The number of amides is 1. The van der Waals surface area contributed by atoms with E-state index in [1.165, 1.54) is 12.1 Å². The van der Waals surface area contributed by atoms with Crippen molar-refractivity contribution in [3.63, 3.8) is 0 Å². The molecule has 0 aliphatic rings. The van der Waals surface area contributed by atoms with E-state index in [2.05, 4.69) is 5.32 Å². The van der Waals surface area contributed by atoms with Crippen molar-refractivity contribution in [3.8, 4) is 5.75 Å². The predicted molar refractivity (Wildman–Crippen MR) is 118 cm³/mol. The molecular weight excluding hydrogens is 399 g/mol. The second kappa shape index (κ2) is 7.98. The zero-order valence-electron chi connectivity index (χ0n) is 17.1. The average Bonchev–Trinajstić information content (AvgIpc) is 3.01. The number of hydrogen-bond acceptors (Lipinski definition) is 4. The lowest BCUT2D eigenvalue weighted by atomic mass is 10.1. The molecule has 1 amide bonds. The summed E-state index contributed by atoms with van der Waals surface area (Å²) in [6.07, 6.45) is 0. The predicted octanol–water partition coefficient (Wildman–Crippen LogP) is 3.37. The number of carbonyl (C=O) groups is 1. The van der Waals surface area contributed by atoms with Gasteiger partial charge in [0.25, 0.3) is 5.91 Å². The quantitative estimate of drug-likeness (QED) is 0.485. The number of aromatic nitrogens is 2. The summed E-state index contributed by atoms with van der Waals surface area (Å²) < 4.78 is 21.8. The number of anilines is 2. The standard InChI is InChI=1S/C23H21FN4O3/c1-27-21-19(4-3-5-20(21)31-2)28(23(27)30)13-14-6-8-15(9-7-14)22(29)26-18-11-10-16(24)12-17(18)25/h3-12H,13,25H2,1-2H3,(H,26,29). The first kappa shape index (κ1) is 20.2. The van der Waals surface area contributed by atoms with Gasteiger partial charge in [-0.2, -0.15) is 0 Å². The van der Waals surface area contributed by atoms with E-state index in [9.17, 15) is 14.0 Å². The van der Waals surface area contributed by atoms with Crippen LogP contribution in [0.4, 0.5) is 15.8 Å². The highest BCUT2D eigenvalue weighted by molar-refractivity contribution is 6.05. The summed E-state index contributed by atoms with van der Waals surface area (Å²) in [7, 11) is 3.28. The van der Waals surface area contributed by atoms with Crippen molar-refractivity contribution in [3.05, 3.63) is 88.1 Å². The molecule has 0 aliphatic heterocycles. The van der Waals surface area contributed by atoms with E-state index in [1.54, 1.807) is 47.6 Å². The Morgan fingerprint density at radius 3 is 2.55 bits per heavy atom. The lowest BCUT2D eigenvalue weighted by Gasteiger charge is -2.09. The second-order valence-electron chi connectivity index (χ2n) is 7.14. The van der Waals surface area contributed by atoms with Gasteiger partial charge < -0.3 is 15.8 Å². The van der Waals surface area contributed by atoms with E-state index in [1.807, 2.05) is 18.2 Å². The maximum atomic E-state index is 13.2. The van der Waals surface area contributed by atoms with Gasteiger partial charge in [-0.05, 0) is 48.0 Å². The fourth-order valence-corrected chi connectivity index (χ4v) is 3.55. The maximum Gasteiger partial charge on any atom is 0.329 e. The van der Waals surface area contributed by atoms with Gasteiger partial charge in [0.2, 0.25) is 0 Å². The van der Waals surface area contributed by atoms with Gasteiger partial charge in [0.15, 0.2) is 0 Å². The topological polar surface area (TPSA) is 91.3 Å². The minimum absolute atomic E-state index is 0.149. The number of nitrogen functional groups attached to an aromatic ring is 1. The van der Waals surface area contributed by atoms with Crippen LogP contribution in [-0.4, -0.2) is 22.2 Å². The molecule has 4 aromatic rings. The molecule has 158 valence electrons. The van der Waals surface area contributed by atoms with Crippen molar-refractivity contribution in [1.29, 1.82) is 0 Å². The van der Waals surface area contributed by atoms with Crippen LogP contribution in [0.1, 0.15) is 15.9 Å². The summed E-state index contributed by atoms with van der Waals surface area (Å²) in [5.74, 6) is -0.207. The molecule has 0 radical (unpaired) electrons. The van der Waals surface area contributed by atoms with Gasteiger partial charge in [0, 0.05) is 12.6 Å². The SMILES string of the molecule is COc1cccc2c1n(C)c(=O)n2Cc1ccc(C(=O)Nc2ccc(F)cc2N)cc1. The molecule has 0 spiro atoms. The molecule has 3 aromatic carbocycles. The van der Waals surface area contributed by atoms with Crippen molar-refractivity contribution < 1.29 is 13.9 Å². The van der Waals surface area contributed by atoms with Crippen molar-refractivity contribution in [2.75, 3.05) is 18.2 Å². The normalized spacial score (nSPS) is 10.9. The van der Waals surface area contributed by atoms with Gasteiger partial charge in [0.05, 0.1) is 30.5 Å². The van der Waals surface area contributed by atoms with Gasteiger partial charge >= 0.3 is 5.69 Å². The van der Waals surface area contributed by atoms with E-state index >= 15 is 0 Å². The maximum absolute atomic E-state index is 13.2. The van der Waals surface area contributed by atoms with Crippen molar-refractivity contribution >= 4 is 28.3 Å². The van der Waals surface area contributed by atoms with E-state index in [0.29, 0.717) is 23.5 Å². The Bertz CT molecular complexity index is 1340. The number of nitrogens with two attached hydrogens (primary N) is 1. The number of para-hydroxylation sites is 1. The molecule has 4 rings (SSSR count). The number of fused-ring (bicyclic) bond motifs is 1. The number of rotatable bonds is 5. The average molecular weight is 420 g/mol. The third-order valence-corrected chi connectivity index (χ3v) is 5.16. The van der Waals surface area contributed by atoms with Crippen LogP contribution in [0.2, 0.25) is 0 Å². The molecule has 0 unspecified atom stereocenters. The Hall–Kier alpha value is -4.07. The Morgan fingerprint density at radius 1 is 1.13 bits per heavy atom. The van der Waals surface area contributed by atoms with Gasteiger partial charge in [-0.3, -0.25) is 13.9 Å². The molecule has 1 aromatic heterocycles. The van der Waals surface area contributed by atoms with E-state index in [4.69, 9.17) is 10.5 Å². The van der Waals surface area contributed by atoms with Crippen LogP contribution in [0, 0.1) is 5.82 Å².